The molecule has 1 aliphatic heterocycles. The SMILES string of the molecule is CNCCCC[C@@H]1NC(=O)[C@@H](Cc2ccc(C(N)=O)cc2)NC(=O)[C@H](Cc2ccc(Cl)cc2)CC(=O)[C@H](NC(=O)[C@@H](N)Cc2ccc(Cl)cc2)CSSC[C@@H](C(=O)N[C@H](Cc2ccc(Cl)cc2)C(N)=O)NC(=O)[C@H]([C@@H](C)O)NC1=O. The van der Waals surface area contributed by atoms with E-state index in [1.807, 2.05) is 0 Å². The third kappa shape index (κ3) is 21.0. The third-order valence-corrected chi connectivity index (χ3v) is 16.2. The molecule has 1 fully saturated rings. The Morgan fingerprint density at radius 2 is 1.19 bits per heavy atom. The summed E-state index contributed by atoms with van der Waals surface area (Å²) in [4.78, 5) is 126. The average Bonchev–Trinajstić information content (AvgIpc) is 3.42. The maximum atomic E-state index is 14.9. The summed E-state index contributed by atoms with van der Waals surface area (Å²) in [5.41, 5.74) is 20.2. The van der Waals surface area contributed by atoms with E-state index < -0.39 is 114 Å². The molecule has 0 radical (unpaired) electrons. The van der Waals surface area contributed by atoms with E-state index in [1.165, 1.54) is 19.1 Å². The molecule has 8 amide bonds. The van der Waals surface area contributed by atoms with Crippen molar-refractivity contribution in [3.63, 3.8) is 0 Å². The van der Waals surface area contributed by atoms with Gasteiger partial charge in [0.25, 0.3) is 0 Å². The van der Waals surface area contributed by atoms with Crippen molar-refractivity contribution in [3.05, 3.63) is 140 Å². The van der Waals surface area contributed by atoms with Gasteiger partial charge in [-0.1, -0.05) is 105 Å². The topological polar surface area (TPSA) is 336 Å². The Morgan fingerprint density at radius 1 is 0.662 bits per heavy atom. The standard InChI is InChI=1S/C55H67Cl3N10O10S2/c1-30(69)47-55(78)67-45(54(77)64-42(49(61)72)25-34-12-20-39(58)21-13-34)29-80-79-28-44(66-51(74)40(59)24-32-10-18-38(57)19-11-32)46(70)27-36(23-31-8-16-37(56)17-9-31)50(73)65-43(26-33-6-14-35(15-7-33)48(60)71)53(76)63-41(52(75)68-47)5-3-4-22-62-2/h6-21,30,36,40-45,47,62,69H,3-5,22-29,59H2,1-2H3,(H2,60,71)(H2,61,72)(H,63,76)(H,64,77)(H,65,73)(H,66,74)(H,67,78)(H,68,75)/t30-,36-,40+,41+,42-,43-,44-,45+,47+/m1/s1. The van der Waals surface area contributed by atoms with Crippen molar-refractivity contribution in [2.45, 2.75) is 107 Å². The minimum Gasteiger partial charge on any atom is -0.391 e. The van der Waals surface area contributed by atoms with E-state index in [0.717, 1.165) is 21.6 Å². The van der Waals surface area contributed by atoms with Crippen molar-refractivity contribution in [2.75, 3.05) is 25.1 Å². The molecule has 4 aromatic carbocycles. The Hall–Kier alpha value is -6.24. The number of hydrogen-bond donors (Lipinski definition) is 11. The van der Waals surface area contributed by atoms with Crippen molar-refractivity contribution in [1.82, 2.24) is 37.2 Å². The van der Waals surface area contributed by atoms with Crippen LogP contribution in [-0.2, 0) is 64.0 Å². The molecule has 14 N–H and O–H groups in total. The molecule has 25 heteroatoms. The van der Waals surface area contributed by atoms with Gasteiger partial charge in [-0.05, 0) is 123 Å². The molecule has 0 saturated carbocycles. The largest absolute Gasteiger partial charge is 0.391 e. The van der Waals surface area contributed by atoms with E-state index in [1.54, 1.807) is 92.0 Å². The quantitative estimate of drug-likeness (QED) is 0.0448. The normalized spacial score (nSPS) is 21.1. The maximum absolute atomic E-state index is 14.9. The van der Waals surface area contributed by atoms with Gasteiger partial charge in [-0.3, -0.25) is 43.2 Å². The van der Waals surface area contributed by atoms with Crippen LogP contribution in [0.5, 0.6) is 0 Å². The highest BCUT2D eigenvalue weighted by Gasteiger charge is 2.37. The summed E-state index contributed by atoms with van der Waals surface area (Å²) in [6.45, 7) is 1.78. The summed E-state index contributed by atoms with van der Waals surface area (Å²) in [7, 11) is 3.77. The van der Waals surface area contributed by atoms with E-state index in [-0.39, 0.29) is 49.2 Å². The van der Waals surface area contributed by atoms with E-state index >= 15 is 0 Å². The lowest BCUT2D eigenvalue weighted by Gasteiger charge is -2.29. The Balaban J connectivity index is 1.58. The highest BCUT2D eigenvalue weighted by molar-refractivity contribution is 8.76. The first-order valence-corrected chi connectivity index (χ1v) is 29.3. The number of ketones is 1. The van der Waals surface area contributed by atoms with Crippen molar-refractivity contribution in [3.8, 4) is 0 Å². The predicted octanol–water partition coefficient (Wildman–Crippen LogP) is 2.48. The van der Waals surface area contributed by atoms with Gasteiger partial charge < -0.3 is 59.5 Å². The van der Waals surface area contributed by atoms with Crippen LogP contribution in [0.3, 0.4) is 0 Å². The fourth-order valence-corrected chi connectivity index (χ4v) is 11.2. The maximum Gasteiger partial charge on any atom is 0.248 e. The van der Waals surface area contributed by atoms with Crippen molar-refractivity contribution < 1.29 is 48.3 Å². The number of aliphatic hydroxyl groups is 1. The number of carbonyl (C=O) groups excluding carboxylic acids is 9. The number of amides is 8. The fraction of sp³-hybridized carbons (Fsp3) is 0.400. The second kappa shape index (κ2) is 32.3. The van der Waals surface area contributed by atoms with Crippen molar-refractivity contribution in [1.29, 1.82) is 0 Å². The van der Waals surface area contributed by atoms with E-state index in [0.29, 0.717) is 56.7 Å². The first kappa shape index (κ1) is 64.6. The first-order valence-electron chi connectivity index (χ1n) is 25.7. The van der Waals surface area contributed by atoms with Crippen LogP contribution in [-0.4, -0.2) is 132 Å². The number of nitrogens with one attached hydrogen (secondary N) is 7. The number of halogens is 3. The van der Waals surface area contributed by atoms with Gasteiger partial charge in [0.05, 0.1) is 18.2 Å². The lowest BCUT2D eigenvalue weighted by Crippen LogP contribution is -2.62. The van der Waals surface area contributed by atoms with Gasteiger partial charge in [-0.25, -0.2) is 0 Å². The number of hydrogen-bond acceptors (Lipinski definition) is 14. The minimum absolute atomic E-state index is 0.0204. The molecular weight excluding hydrogens is 1130 g/mol. The van der Waals surface area contributed by atoms with Crippen LogP contribution >= 0.6 is 56.4 Å². The van der Waals surface area contributed by atoms with Crippen LogP contribution in [0.15, 0.2) is 97.1 Å². The average molecular weight is 1200 g/mol. The van der Waals surface area contributed by atoms with Crippen LogP contribution in [0.2, 0.25) is 15.1 Å². The van der Waals surface area contributed by atoms with Crippen LogP contribution < -0.4 is 54.4 Å². The Bertz CT molecular complexity index is 2780. The fourth-order valence-electron chi connectivity index (χ4n) is 8.43. The first-order chi connectivity index (χ1) is 38.1. The molecule has 80 heavy (non-hydrogen) atoms. The molecule has 20 nitrogen and oxygen atoms in total. The molecule has 0 unspecified atom stereocenters. The summed E-state index contributed by atoms with van der Waals surface area (Å²) >= 11 is 18.4. The zero-order valence-electron chi connectivity index (χ0n) is 44.0. The predicted molar refractivity (Wildman–Crippen MR) is 310 cm³/mol. The number of unbranched alkanes of at least 4 members (excludes halogenated alkanes) is 1. The zero-order valence-corrected chi connectivity index (χ0v) is 47.9. The van der Waals surface area contributed by atoms with Crippen LogP contribution in [0.4, 0.5) is 0 Å². The number of benzene rings is 4. The van der Waals surface area contributed by atoms with Gasteiger partial charge in [0.1, 0.15) is 30.2 Å². The number of nitrogens with two attached hydrogens (primary N) is 3. The van der Waals surface area contributed by atoms with Gasteiger partial charge in [-0.2, -0.15) is 0 Å². The molecular formula is C55H67Cl3N10O10S2. The Labute approximate surface area is 487 Å². The third-order valence-electron chi connectivity index (χ3n) is 13.0. The number of primary amides is 2. The highest BCUT2D eigenvalue weighted by atomic mass is 35.5. The van der Waals surface area contributed by atoms with Gasteiger partial charge in [0.15, 0.2) is 5.78 Å². The van der Waals surface area contributed by atoms with E-state index in [9.17, 15) is 48.3 Å². The van der Waals surface area contributed by atoms with E-state index in [2.05, 4.69) is 37.2 Å². The zero-order chi connectivity index (χ0) is 58.5. The van der Waals surface area contributed by atoms with Gasteiger partial charge in [0.2, 0.25) is 47.3 Å². The molecule has 1 heterocycles. The molecule has 0 aliphatic carbocycles. The highest BCUT2D eigenvalue weighted by Crippen LogP contribution is 2.26. The van der Waals surface area contributed by atoms with Crippen LogP contribution in [0, 0.1) is 5.92 Å². The Morgan fingerprint density at radius 3 is 1.75 bits per heavy atom. The summed E-state index contributed by atoms with van der Waals surface area (Å²) < 4.78 is 0. The Kier molecular flexibility index (Phi) is 26.0. The van der Waals surface area contributed by atoms with E-state index in [4.69, 9.17) is 52.0 Å². The smallest absolute Gasteiger partial charge is 0.248 e. The monoisotopic (exact) mass is 1200 g/mol. The van der Waals surface area contributed by atoms with Gasteiger partial charge >= 0.3 is 0 Å². The molecule has 1 aliphatic rings. The number of rotatable bonds is 20. The second-order valence-electron chi connectivity index (χ2n) is 19.3. The number of Topliss-reactive ketones (excluding diaryl/α,β-unsaturated/α-hetero) is 1. The van der Waals surface area contributed by atoms with Gasteiger partial charge in [0, 0.05) is 57.3 Å². The molecule has 0 aromatic heterocycles. The molecule has 430 valence electrons. The molecule has 1 saturated heterocycles. The lowest BCUT2D eigenvalue weighted by molar-refractivity contribution is -0.137. The van der Waals surface area contributed by atoms with Crippen LogP contribution in [0.1, 0.15) is 65.2 Å². The molecule has 5 rings (SSSR count). The summed E-state index contributed by atoms with van der Waals surface area (Å²) in [5.74, 6) is -8.90. The molecule has 9 atom stereocenters. The van der Waals surface area contributed by atoms with Crippen molar-refractivity contribution >= 4 is 109 Å². The molecule has 4 aromatic rings. The summed E-state index contributed by atoms with van der Waals surface area (Å²) in [5, 5.41) is 31.5. The van der Waals surface area contributed by atoms with Gasteiger partial charge in [-0.15, -0.1) is 0 Å². The number of carbonyl (C=O) groups is 9. The summed E-state index contributed by atoms with van der Waals surface area (Å²) in [6, 6.07) is 15.9. The van der Waals surface area contributed by atoms with Crippen LogP contribution in [0.25, 0.3) is 0 Å². The molecule has 0 spiro atoms. The number of aliphatic hydroxyl groups excluding tert-OH is 1. The lowest BCUT2D eigenvalue weighted by atomic mass is 9.90. The molecule has 0 bridgehead atoms. The second-order valence-corrected chi connectivity index (χ2v) is 23.2. The summed E-state index contributed by atoms with van der Waals surface area (Å²) in [6.07, 6.45) is -1.36. The van der Waals surface area contributed by atoms with Crippen molar-refractivity contribution in [2.24, 2.45) is 23.1 Å². The minimum atomic E-state index is -1.72.